The third kappa shape index (κ3) is 3.41. The summed E-state index contributed by atoms with van der Waals surface area (Å²) < 4.78 is 10.6. The molecule has 0 aromatic heterocycles. The van der Waals surface area contributed by atoms with Gasteiger partial charge in [0.1, 0.15) is 11.5 Å². The number of carbonyl (C=O) groups is 2. The molecule has 6 heteroatoms. The second-order valence-electron chi connectivity index (χ2n) is 7.24. The van der Waals surface area contributed by atoms with Gasteiger partial charge in [0.05, 0.1) is 24.2 Å². The summed E-state index contributed by atoms with van der Waals surface area (Å²) in [5.41, 5.74) is 4.16. The van der Waals surface area contributed by atoms with Crippen molar-refractivity contribution in [2.24, 2.45) is 0 Å². The van der Waals surface area contributed by atoms with E-state index >= 15 is 0 Å². The number of methoxy groups -OCH3 is 2. The molecule has 2 aromatic rings. The number of anilines is 1. The molecule has 5 nitrogen and oxygen atoms in total. The van der Waals surface area contributed by atoms with E-state index in [2.05, 4.69) is 0 Å². The van der Waals surface area contributed by atoms with E-state index in [9.17, 15) is 9.59 Å². The number of aryl methyl sites for hydroxylation is 1. The van der Waals surface area contributed by atoms with Gasteiger partial charge in [0.2, 0.25) is 0 Å². The second kappa shape index (κ2) is 8.03. The van der Waals surface area contributed by atoms with Crippen molar-refractivity contribution in [2.45, 2.75) is 26.7 Å². The number of fused-ring (bicyclic) bond motifs is 1. The van der Waals surface area contributed by atoms with Gasteiger partial charge < -0.3 is 14.4 Å². The fraction of sp³-hybridized carbons (Fsp3) is 0.250. The lowest BCUT2D eigenvalue weighted by molar-refractivity contribution is -0.113. The van der Waals surface area contributed by atoms with Crippen molar-refractivity contribution in [3.63, 3.8) is 0 Å². The minimum atomic E-state index is -0.00577. The highest BCUT2D eigenvalue weighted by Crippen LogP contribution is 2.48. The van der Waals surface area contributed by atoms with Gasteiger partial charge in [-0.25, -0.2) is 0 Å². The van der Waals surface area contributed by atoms with Gasteiger partial charge in [-0.15, -0.1) is 0 Å². The van der Waals surface area contributed by atoms with Gasteiger partial charge in [0.15, 0.2) is 11.6 Å². The highest BCUT2D eigenvalue weighted by atomic mass is 32.2. The smallest absolute Gasteiger partial charge is 0.192 e. The summed E-state index contributed by atoms with van der Waals surface area (Å²) in [5, 5.41) is 0.807. The first kappa shape index (κ1) is 20.3. The van der Waals surface area contributed by atoms with E-state index in [-0.39, 0.29) is 11.6 Å². The topological polar surface area (TPSA) is 55.8 Å². The van der Waals surface area contributed by atoms with E-state index in [4.69, 9.17) is 9.47 Å². The van der Waals surface area contributed by atoms with E-state index in [0.29, 0.717) is 22.6 Å². The van der Waals surface area contributed by atoms with E-state index in [0.717, 1.165) is 39.7 Å². The Morgan fingerprint density at radius 1 is 1.00 bits per heavy atom. The number of thioether (sulfide) groups is 1. The summed E-state index contributed by atoms with van der Waals surface area (Å²) in [7, 11) is 3.22. The summed E-state index contributed by atoms with van der Waals surface area (Å²) in [6.45, 7) is 3.49. The monoisotopic (exact) mass is 421 g/mol. The molecule has 154 valence electrons. The van der Waals surface area contributed by atoms with Crippen LogP contribution in [0, 0.1) is 0 Å². The van der Waals surface area contributed by atoms with Crippen LogP contribution in [0.15, 0.2) is 63.7 Å². The lowest BCUT2D eigenvalue weighted by Gasteiger charge is -2.26. The van der Waals surface area contributed by atoms with Crippen LogP contribution in [0.25, 0.3) is 0 Å². The minimum Gasteiger partial charge on any atom is -0.497 e. The number of ketones is 2. The van der Waals surface area contributed by atoms with Gasteiger partial charge in [-0.2, -0.15) is 0 Å². The van der Waals surface area contributed by atoms with Crippen molar-refractivity contribution >= 4 is 29.0 Å². The molecule has 30 heavy (non-hydrogen) atoms. The Labute approximate surface area is 180 Å². The van der Waals surface area contributed by atoms with Gasteiger partial charge in [0, 0.05) is 22.5 Å². The van der Waals surface area contributed by atoms with Gasteiger partial charge >= 0.3 is 0 Å². The zero-order valence-corrected chi connectivity index (χ0v) is 18.3. The Hall–Kier alpha value is -2.99. The second-order valence-corrected chi connectivity index (χ2v) is 8.24. The number of rotatable bonds is 4. The first-order valence-corrected chi connectivity index (χ1v) is 10.5. The van der Waals surface area contributed by atoms with E-state index in [1.54, 1.807) is 27.2 Å². The Morgan fingerprint density at radius 3 is 2.30 bits per heavy atom. The molecule has 0 spiro atoms. The fourth-order valence-electron chi connectivity index (χ4n) is 3.89. The molecule has 2 aromatic carbocycles. The van der Waals surface area contributed by atoms with Crippen molar-refractivity contribution in [1.29, 1.82) is 0 Å². The average Bonchev–Trinajstić information content (AvgIpc) is 3.11. The van der Waals surface area contributed by atoms with Crippen LogP contribution < -0.4 is 14.4 Å². The molecule has 0 radical (unpaired) electrons. The van der Waals surface area contributed by atoms with Crippen LogP contribution in [0.2, 0.25) is 0 Å². The number of hydrogen-bond donors (Lipinski definition) is 0. The van der Waals surface area contributed by atoms with Crippen LogP contribution in [0.5, 0.6) is 11.5 Å². The molecular weight excluding hydrogens is 398 g/mol. The van der Waals surface area contributed by atoms with Crippen molar-refractivity contribution in [1.82, 2.24) is 0 Å². The minimum absolute atomic E-state index is 0.00283. The van der Waals surface area contributed by atoms with Crippen LogP contribution in [0.3, 0.4) is 0 Å². The largest absolute Gasteiger partial charge is 0.497 e. The normalized spacial score (nSPS) is 18.5. The molecule has 0 saturated heterocycles. The molecule has 0 N–H and O–H groups in total. The van der Waals surface area contributed by atoms with Crippen LogP contribution >= 0.6 is 11.8 Å². The highest BCUT2D eigenvalue weighted by Gasteiger charge is 2.35. The van der Waals surface area contributed by atoms with E-state index in [1.165, 1.54) is 11.8 Å². The molecule has 4 rings (SSSR count). The first-order chi connectivity index (χ1) is 14.4. The van der Waals surface area contributed by atoms with Crippen molar-refractivity contribution < 1.29 is 19.1 Å². The maximum Gasteiger partial charge on any atom is 0.192 e. The van der Waals surface area contributed by atoms with Crippen LogP contribution in [0.4, 0.5) is 5.69 Å². The predicted octanol–water partition coefficient (Wildman–Crippen LogP) is 5.12. The summed E-state index contributed by atoms with van der Waals surface area (Å²) in [4.78, 5) is 28.4. The highest BCUT2D eigenvalue weighted by molar-refractivity contribution is 8.08. The Bertz CT molecular complexity index is 1100. The Kier molecular flexibility index (Phi) is 5.43. The lowest BCUT2D eigenvalue weighted by Crippen LogP contribution is -2.22. The molecular formula is C24H23NO4S. The third-order valence-corrected chi connectivity index (χ3v) is 6.86. The summed E-state index contributed by atoms with van der Waals surface area (Å²) in [6, 6.07) is 13.3. The maximum atomic E-state index is 13.5. The van der Waals surface area contributed by atoms with E-state index in [1.807, 2.05) is 48.2 Å². The van der Waals surface area contributed by atoms with Gasteiger partial charge in [-0.3, -0.25) is 9.59 Å². The van der Waals surface area contributed by atoms with Crippen LogP contribution in [0.1, 0.15) is 36.2 Å². The maximum absolute atomic E-state index is 13.5. The van der Waals surface area contributed by atoms with Crippen LogP contribution in [-0.2, 0) is 11.2 Å². The summed E-state index contributed by atoms with van der Waals surface area (Å²) in [6.07, 6.45) is 1.40. The number of hydrogen-bond acceptors (Lipinski definition) is 6. The summed E-state index contributed by atoms with van der Waals surface area (Å²) >= 11 is 1.39. The zero-order chi connectivity index (χ0) is 21.4. The standard InChI is InChI=1S/C24H23NO4S/c1-14-23(15(2)26)30-24(25(14)17-7-10-18(28-3)11-8-17)20-12-6-16-5-9-19(29-4)13-21(16)22(20)27/h5,7-11,13H,6,12H2,1-4H3. The first-order valence-electron chi connectivity index (χ1n) is 9.73. The van der Waals surface area contributed by atoms with Gasteiger partial charge in [0.25, 0.3) is 0 Å². The average molecular weight is 422 g/mol. The Morgan fingerprint density at radius 2 is 1.67 bits per heavy atom. The summed E-state index contributed by atoms with van der Waals surface area (Å²) in [5.74, 6) is 1.41. The lowest BCUT2D eigenvalue weighted by atomic mass is 9.87. The quantitative estimate of drug-likeness (QED) is 0.639. The number of Topliss-reactive ketones (excluding diaryl/α,β-unsaturated/α-hetero) is 2. The van der Waals surface area contributed by atoms with Crippen LogP contribution in [-0.4, -0.2) is 25.8 Å². The molecule has 0 unspecified atom stereocenters. The molecule has 2 aliphatic rings. The number of allylic oxidation sites excluding steroid dienone is 3. The third-order valence-electron chi connectivity index (χ3n) is 5.45. The fourth-order valence-corrected chi connectivity index (χ4v) is 5.11. The molecule has 0 fully saturated rings. The molecule has 0 bridgehead atoms. The Balaban J connectivity index is 1.83. The molecule has 0 saturated carbocycles. The molecule has 1 aliphatic heterocycles. The molecule has 1 heterocycles. The number of carbonyl (C=O) groups excluding carboxylic acids is 2. The molecule has 0 atom stereocenters. The molecule has 0 amide bonds. The SMILES string of the molecule is COc1ccc(N2C(C)=C(C(C)=O)SC2=C2CCc3ccc(OC)cc3C2=O)cc1. The number of benzene rings is 2. The van der Waals surface area contributed by atoms with Gasteiger partial charge in [-0.05, 0) is 68.7 Å². The van der Waals surface area contributed by atoms with Crippen molar-refractivity contribution in [3.8, 4) is 11.5 Å². The van der Waals surface area contributed by atoms with E-state index < -0.39 is 0 Å². The number of nitrogens with zero attached hydrogens (tertiary/aromatic N) is 1. The molecule has 1 aliphatic carbocycles. The van der Waals surface area contributed by atoms with Crippen molar-refractivity contribution in [3.05, 3.63) is 74.8 Å². The van der Waals surface area contributed by atoms with Gasteiger partial charge in [-0.1, -0.05) is 17.8 Å². The zero-order valence-electron chi connectivity index (χ0n) is 17.4. The predicted molar refractivity (Wildman–Crippen MR) is 119 cm³/mol. The number of ether oxygens (including phenoxy) is 2. The van der Waals surface area contributed by atoms with Crippen molar-refractivity contribution in [2.75, 3.05) is 19.1 Å².